The van der Waals surface area contributed by atoms with Gasteiger partial charge in [0.2, 0.25) is 10.0 Å². The topological polar surface area (TPSA) is 140 Å². The molecule has 2 aliphatic heterocycles. The molecular formula is C27H38N3NaO7S. The van der Waals surface area contributed by atoms with Gasteiger partial charge in [-0.25, -0.2) is 13.2 Å². The van der Waals surface area contributed by atoms with E-state index in [0.29, 0.717) is 12.3 Å². The number of rotatable bonds is 11. The van der Waals surface area contributed by atoms with E-state index < -0.39 is 34.4 Å². The van der Waals surface area contributed by atoms with E-state index in [1.54, 1.807) is 0 Å². The molecule has 0 spiro atoms. The molecule has 2 aliphatic rings. The van der Waals surface area contributed by atoms with Crippen molar-refractivity contribution in [1.82, 2.24) is 9.62 Å². The zero-order chi connectivity index (χ0) is 27.3. The van der Waals surface area contributed by atoms with E-state index in [9.17, 15) is 18.3 Å². The van der Waals surface area contributed by atoms with E-state index in [1.165, 1.54) is 28.6 Å². The molecule has 10 nitrogen and oxygen atoms in total. The summed E-state index contributed by atoms with van der Waals surface area (Å²) in [6.45, 7) is 4.58. The third-order valence-corrected chi connectivity index (χ3v) is 8.63. The maximum Gasteiger partial charge on any atom is 1.00 e. The Morgan fingerprint density at radius 3 is 2.51 bits per heavy atom. The number of nitrogen functional groups attached to an aromatic ring is 1. The summed E-state index contributed by atoms with van der Waals surface area (Å²) in [6, 6.07) is 14.5. The van der Waals surface area contributed by atoms with Crippen LogP contribution in [0.2, 0.25) is 0 Å². The van der Waals surface area contributed by atoms with E-state index >= 15 is 0 Å². The molecule has 4 N–H and O–H groups in total. The fourth-order valence-corrected chi connectivity index (χ4v) is 6.45. The third-order valence-electron chi connectivity index (χ3n) is 6.79. The molecule has 2 saturated heterocycles. The Morgan fingerprint density at radius 1 is 1.15 bits per heavy atom. The third kappa shape index (κ3) is 8.40. The van der Waals surface area contributed by atoms with Crippen molar-refractivity contribution in [3.63, 3.8) is 0 Å². The molecular weight excluding hydrogens is 533 g/mol. The summed E-state index contributed by atoms with van der Waals surface area (Å²) in [7, 11) is -3.93. The number of carbonyl (C=O) groups excluding carboxylic acids is 1. The van der Waals surface area contributed by atoms with Crippen LogP contribution in [0.5, 0.6) is 0 Å². The quantitative estimate of drug-likeness (QED) is 0.242. The van der Waals surface area contributed by atoms with E-state index in [0.717, 1.165) is 12.0 Å². The standard InChI is InChI=1S/C27H37N3O7S.Na.H/c1-18(2)15-30(38(33,34)21-10-8-20(28)9-11-21)16-24(31)23(14-19-6-4-3-5-7-19)29-27(32)37-25-17-36-26-22(25)12-13-35-26;;/h3-11,18,22-26,31H,12-17,28H2,1-2H3,(H,29,32);;/q;+1;-1/t22-,23?,24?,25-,26+;;/m0../s1. The number of anilines is 1. The average Bonchev–Trinajstić information content (AvgIpc) is 3.49. The molecule has 0 aromatic heterocycles. The summed E-state index contributed by atoms with van der Waals surface area (Å²) in [4.78, 5) is 13.0. The number of hydrogen-bond donors (Lipinski definition) is 3. The second-order valence-corrected chi connectivity index (χ2v) is 12.2. The zero-order valence-electron chi connectivity index (χ0n) is 23.7. The Balaban J connectivity index is 0.00000280. The molecule has 39 heavy (non-hydrogen) atoms. The number of hydrogen-bond acceptors (Lipinski definition) is 8. The number of sulfonamides is 1. The van der Waals surface area contributed by atoms with Crippen LogP contribution < -0.4 is 40.6 Å². The number of benzene rings is 2. The van der Waals surface area contributed by atoms with Gasteiger partial charge in [-0.2, -0.15) is 4.31 Å². The van der Waals surface area contributed by atoms with Gasteiger partial charge in [-0.15, -0.1) is 0 Å². The minimum atomic E-state index is -3.93. The normalized spacial score (nSPS) is 22.2. The molecule has 2 aromatic rings. The predicted molar refractivity (Wildman–Crippen MR) is 143 cm³/mol. The Kier molecular flexibility index (Phi) is 11.6. The fraction of sp³-hybridized carbons (Fsp3) is 0.519. The van der Waals surface area contributed by atoms with Crippen LogP contribution >= 0.6 is 0 Å². The summed E-state index contributed by atoms with van der Waals surface area (Å²) in [5.74, 6) is -0.0231. The number of nitrogens with two attached hydrogens (primary N) is 1. The van der Waals surface area contributed by atoms with Crippen LogP contribution in [0.15, 0.2) is 59.5 Å². The van der Waals surface area contributed by atoms with Crippen LogP contribution in [-0.2, 0) is 30.7 Å². The van der Waals surface area contributed by atoms with Crippen molar-refractivity contribution in [1.29, 1.82) is 0 Å². The SMILES string of the molecule is CC(C)CN(CC(O)C(Cc1ccccc1)NC(=O)O[C@H]1CO[C@H]2OCC[C@H]21)S(=O)(=O)c1ccc(N)cc1.[H-].[Na+]. The Bertz CT molecular complexity index is 1170. The van der Waals surface area contributed by atoms with Crippen molar-refractivity contribution in [3.05, 3.63) is 60.2 Å². The first-order chi connectivity index (χ1) is 18.1. The Hall–Kier alpha value is -1.70. The van der Waals surface area contributed by atoms with Gasteiger partial charge >= 0.3 is 35.7 Å². The van der Waals surface area contributed by atoms with Crippen molar-refractivity contribution in [2.75, 3.05) is 32.0 Å². The van der Waals surface area contributed by atoms with Crippen LogP contribution in [0.1, 0.15) is 27.3 Å². The number of nitrogens with zero attached hydrogens (tertiary/aromatic N) is 1. The molecule has 2 unspecified atom stereocenters. The van der Waals surface area contributed by atoms with Gasteiger partial charge < -0.3 is 31.8 Å². The van der Waals surface area contributed by atoms with E-state index in [4.69, 9.17) is 19.9 Å². The largest absolute Gasteiger partial charge is 1.00 e. The first-order valence-electron chi connectivity index (χ1n) is 12.9. The number of ether oxygens (including phenoxy) is 3. The summed E-state index contributed by atoms with van der Waals surface area (Å²) in [5.41, 5.74) is 7.07. The van der Waals surface area contributed by atoms with Crippen LogP contribution in [0.3, 0.4) is 0 Å². The average molecular weight is 572 g/mol. The van der Waals surface area contributed by atoms with Gasteiger partial charge in [-0.05, 0) is 48.6 Å². The number of carbonyl (C=O) groups is 1. The van der Waals surface area contributed by atoms with Gasteiger partial charge in [0.25, 0.3) is 0 Å². The van der Waals surface area contributed by atoms with Gasteiger partial charge in [0.1, 0.15) is 6.10 Å². The number of aliphatic hydroxyl groups excluding tert-OH is 1. The van der Waals surface area contributed by atoms with Crippen molar-refractivity contribution >= 4 is 21.8 Å². The van der Waals surface area contributed by atoms with Gasteiger partial charge in [0, 0.05) is 18.8 Å². The van der Waals surface area contributed by atoms with E-state index in [2.05, 4.69) is 5.32 Å². The van der Waals surface area contributed by atoms with Crippen LogP contribution in [0, 0.1) is 11.8 Å². The minimum Gasteiger partial charge on any atom is -1.00 e. The number of amides is 1. The van der Waals surface area contributed by atoms with Crippen molar-refractivity contribution in [2.45, 2.75) is 56.1 Å². The molecule has 2 heterocycles. The maximum atomic E-state index is 13.5. The molecule has 2 fully saturated rings. The number of alkyl carbamates (subject to hydrolysis) is 1. The van der Waals surface area contributed by atoms with Gasteiger partial charge in [0.15, 0.2) is 6.29 Å². The number of aliphatic hydroxyl groups is 1. The van der Waals surface area contributed by atoms with Crippen LogP contribution in [0.4, 0.5) is 10.5 Å². The molecule has 0 radical (unpaired) electrons. The minimum absolute atomic E-state index is 0. The second kappa shape index (κ2) is 14.3. The summed E-state index contributed by atoms with van der Waals surface area (Å²) >= 11 is 0. The Labute approximate surface area is 254 Å². The van der Waals surface area contributed by atoms with E-state index in [1.807, 2.05) is 44.2 Å². The van der Waals surface area contributed by atoms with Crippen molar-refractivity contribution in [3.8, 4) is 0 Å². The molecule has 0 aliphatic carbocycles. The molecule has 1 amide bonds. The van der Waals surface area contributed by atoms with Crippen LogP contribution in [0.25, 0.3) is 0 Å². The van der Waals surface area contributed by atoms with Gasteiger partial charge in [0.05, 0.1) is 36.2 Å². The summed E-state index contributed by atoms with van der Waals surface area (Å²) in [5, 5.41) is 14.1. The molecule has 0 bridgehead atoms. The van der Waals surface area contributed by atoms with Crippen molar-refractivity contribution < 1.29 is 63.5 Å². The first-order valence-corrected chi connectivity index (χ1v) is 14.4. The zero-order valence-corrected chi connectivity index (χ0v) is 25.5. The second-order valence-electron chi connectivity index (χ2n) is 10.3. The Morgan fingerprint density at radius 2 is 1.85 bits per heavy atom. The predicted octanol–water partition coefficient (Wildman–Crippen LogP) is -0.508. The molecule has 5 atom stereocenters. The maximum absolute atomic E-state index is 13.5. The summed E-state index contributed by atoms with van der Waals surface area (Å²) in [6.07, 6.45) is -1.69. The molecule has 0 saturated carbocycles. The first kappa shape index (κ1) is 31.8. The smallest absolute Gasteiger partial charge is 1.00 e. The monoisotopic (exact) mass is 571 g/mol. The molecule has 12 heteroatoms. The van der Waals surface area contributed by atoms with E-state index in [-0.39, 0.29) is 80.1 Å². The van der Waals surface area contributed by atoms with Crippen LogP contribution in [-0.4, -0.2) is 74.8 Å². The molecule has 2 aromatic carbocycles. The molecule has 4 rings (SSSR count). The number of fused-ring (bicyclic) bond motifs is 1. The fourth-order valence-electron chi connectivity index (χ4n) is 4.82. The number of nitrogens with one attached hydrogen (secondary N) is 1. The molecule has 210 valence electrons. The summed E-state index contributed by atoms with van der Waals surface area (Å²) < 4.78 is 44.9. The van der Waals surface area contributed by atoms with Crippen molar-refractivity contribution in [2.24, 2.45) is 11.8 Å². The van der Waals surface area contributed by atoms with Gasteiger partial charge in [-0.3, -0.25) is 0 Å². The van der Waals surface area contributed by atoms with Gasteiger partial charge in [-0.1, -0.05) is 44.2 Å².